The molecule has 0 aliphatic carbocycles. The van der Waals surface area contributed by atoms with E-state index in [0.29, 0.717) is 19.2 Å². The van der Waals surface area contributed by atoms with E-state index < -0.39 is 0 Å². The van der Waals surface area contributed by atoms with Crippen molar-refractivity contribution in [3.63, 3.8) is 0 Å². The van der Waals surface area contributed by atoms with Gasteiger partial charge in [-0.05, 0) is 56.0 Å². The lowest BCUT2D eigenvalue weighted by Gasteiger charge is -2.27. The Balaban J connectivity index is 1.44. The minimum absolute atomic E-state index is 0.145. The number of piperidine rings is 1. The maximum atomic E-state index is 12.3. The molecule has 138 valence electrons. The minimum Gasteiger partial charge on any atom is -0.489 e. The molecule has 0 spiro atoms. The van der Waals surface area contributed by atoms with Crippen LogP contribution >= 0.6 is 0 Å². The monoisotopic (exact) mass is 352 g/mol. The number of carbonyl (C=O) groups is 1. The molecular weight excluding hydrogens is 324 g/mol. The van der Waals surface area contributed by atoms with Crippen molar-refractivity contribution < 1.29 is 9.53 Å². The van der Waals surface area contributed by atoms with E-state index in [0.717, 1.165) is 37.1 Å². The Morgan fingerprint density at radius 1 is 1.15 bits per heavy atom. The van der Waals surface area contributed by atoms with Gasteiger partial charge in [0.2, 0.25) is 5.91 Å². The molecule has 3 rings (SSSR count). The topological polar surface area (TPSA) is 50.4 Å². The van der Waals surface area contributed by atoms with E-state index in [1.165, 1.54) is 5.56 Å². The first-order valence-corrected chi connectivity index (χ1v) is 9.47. The molecule has 1 aliphatic rings. The maximum Gasteiger partial charge on any atom is 0.223 e. The number of rotatable bonds is 7. The second-order valence-electron chi connectivity index (χ2n) is 7.04. The molecule has 1 fully saturated rings. The van der Waals surface area contributed by atoms with Gasteiger partial charge in [-0.15, -0.1) is 0 Å². The summed E-state index contributed by atoms with van der Waals surface area (Å²) in [6.45, 7) is 4.30. The van der Waals surface area contributed by atoms with Gasteiger partial charge >= 0.3 is 0 Å². The third-order valence-corrected chi connectivity index (χ3v) is 4.85. The van der Waals surface area contributed by atoms with Crippen LogP contribution in [0, 0.1) is 5.92 Å². The van der Waals surface area contributed by atoms with Crippen LogP contribution in [-0.4, -0.2) is 25.0 Å². The summed E-state index contributed by atoms with van der Waals surface area (Å²) in [5.41, 5.74) is 2.33. The Labute approximate surface area is 156 Å². The molecule has 2 aromatic carbocycles. The van der Waals surface area contributed by atoms with Gasteiger partial charge in [0.25, 0.3) is 0 Å². The average Bonchev–Trinajstić information content (AvgIpc) is 2.67. The maximum absolute atomic E-state index is 12.3. The Morgan fingerprint density at radius 2 is 1.96 bits per heavy atom. The molecule has 2 aromatic rings. The highest BCUT2D eigenvalue weighted by atomic mass is 16.5. The van der Waals surface area contributed by atoms with Crippen molar-refractivity contribution in [2.24, 2.45) is 5.92 Å². The Kier molecular flexibility index (Phi) is 6.67. The molecule has 1 saturated heterocycles. The van der Waals surface area contributed by atoms with Crippen LogP contribution in [0.4, 0.5) is 0 Å². The highest BCUT2D eigenvalue weighted by Gasteiger charge is 2.24. The van der Waals surface area contributed by atoms with Gasteiger partial charge in [-0.2, -0.15) is 0 Å². The van der Waals surface area contributed by atoms with Gasteiger partial charge in [0.1, 0.15) is 12.4 Å². The standard InChI is InChI=1S/C22H28N2O2/c1-17-14-20(11-13-23-17)22(25)24-12-10-18-8-5-9-21(15-18)26-16-19-6-3-2-4-7-19/h2-9,15,17,20,23H,10-14,16H2,1H3,(H,24,25)/t17-,20-/m0/s1. The van der Waals surface area contributed by atoms with Gasteiger partial charge in [-0.25, -0.2) is 0 Å². The van der Waals surface area contributed by atoms with Crippen molar-refractivity contribution in [1.82, 2.24) is 10.6 Å². The fourth-order valence-electron chi connectivity index (χ4n) is 3.38. The van der Waals surface area contributed by atoms with Crippen LogP contribution in [0.2, 0.25) is 0 Å². The zero-order chi connectivity index (χ0) is 18.2. The van der Waals surface area contributed by atoms with Crippen molar-refractivity contribution in [1.29, 1.82) is 0 Å². The molecule has 0 unspecified atom stereocenters. The van der Waals surface area contributed by atoms with Crippen molar-refractivity contribution in [2.45, 2.75) is 38.8 Å². The highest BCUT2D eigenvalue weighted by molar-refractivity contribution is 5.78. The van der Waals surface area contributed by atoms with Crippen LogP contribution in [-0.2, 0) is 17.8 Å². The summed E-state index contributed by atoms with van der Waals surface area (Å²) in [6.07, 6.45) is 2.67. The predicted molar refractivity (Wildman–Crippen MR) is 104 cm³/mol. The molecule has 1 aliphatic heterocycles. The van der Waals surface area contributed by atoms with Crippen molar-refractivity contribution in [3.8, 4) is 5.75 Å². The van der Waals surface area contributed by atoms with Crippen LogP contribution in [0.5, 0.6) is 5.75 Å². The van der Waals surface area contributed by atoms with E-state index >= 15 is 0 Å². The molecule has 0 radical (unpaired) electrons. The van der Waals surface area contributed by atoms with Crippen LogP contribution in [0.3, 0.4) is 0 Å². The molecule has 2 N–H and O–H groups in total. The van der Waals surface area contributed by atoms with E-state index in [1.807, 2.05) is 30.3 Å². The predicted octanol–water partition coefficient (Wildman–Crippen LogP) is 3.31. The number of hydrogen-bond donors (Lipinski definition) is 2. The summed E-state index contributed by atoms with van der Waals surface area (Å²) in [6, 6.07) is 18.7. The van der Waals surface area contributed by atoms with Gasteiger partial charge in [0.05, 0.1) is 0 Å². The van der Waals surface area contributed by atoms with E-state index in [9.17, 15) is 4.79 Å². The number of benzene rings is 2. The highest BCUT2D eigenvalue weighted by Crippen LogP contribution is 2.17. The van der Waals surface area contributed by atoms with Crippen LogP contribution in [0.25, 0.3) is 0 Å². The summed E-state index contributed by atoms with van der Waals surface area (Å²) in [5, 5.41) is 6.48. The van der Waals surface area contributed by atoms with Crippen molar-refractivity contribution >= 4 is 5.91 Å². The summed E-state index contributed by atoms with van der Waals surface area (Å²) >= 11 is 0. The molecular formula is C22H28N2O2. The fraction of sp³-hybridized carbons (Fsp3) is 0.409. The Bertz CT molecular complexity index is 702. The van der Waals surface area contributed by atoms with E-state index in [4.69, 9.17) is 4.74 Å². The zero-order valence-electron chi connectivity index (χ0n) is 15.4. The molecule has 26 heavy (non-hydrogen) atoms. The lowest BCUT2D eigenvalue weighted by Crippen LogP contribution is -2.42. The Hall–Kier alpha value is -2.33. The van der Waals surface area contributed by atoms with Crippen LogP contribution in [0.15, 0.2) is 54.6 Å². The summed E-state index contributed by atoms with van der Waals surface area (Å²) < 4.78 is 5.87. The normalized spacial score (nSPS) is 19.7. The summed E-state index contributed by atoms with van der Waals surface area (Å²) in [7, 11) is 0. The molecule has 0 bridgehead atoms. The summed E-state index contributed by atoms with van der Waals surface area (Å²) in [5.74, 6) is 1.20. The van der Waals surface area contributed by atoms with Crippen molar-refractivity contribution in [2.75, 3.05) is 13.1 Å². The molecule has 1 heterocycles. The van der Waals surface area contributed by atoms with Gasteiger partial charge in [0.15, 0.2) is 0 Å². The van der Waals surface area contributed by atoms with Crippen molar-refractivity contribution in [3.05, 3.63) is 65.7 Å². The van der Waals surface area contributed by atoms with E-state index in [2.05, 4.69) is 41.8 Å². The molecule has 0 aromatic heterocycles. The number of carbonyl (C=O) groups excluding carboxylic acids is 1. The lowest BCUT2D eigenvalue weighted by molar-refractivity contribution is -0.126. The molecule has 4 nitrogen and oxygen atoms in total. The number of hydrogen-bond acceptors (Lipinski definition) is 3. The first-order valence-electron chi connectivity index (χ1n) is 9.47. The largest absolute Gasteiger partial charge is 0.489 e. The quantitative estimate of drug-likeness (QED) is 0.804. The first kappa shape index (κ1) is 18.5. The lowest BCUT2D eigenvalue weighted by atomic mass is 9.92. The first-order chi connectivity index (χ1) is 12.7. The van der Waals surface area contributed by atoms with E-state index in [1.54, 1.807) is 0 Å². The fourth-order valence-corrected chi connectivity index (χ4v) is 3.38. The number of amides is 1. The van der Waals surface area contributed by atoms with Crippen LogP contribution < -0.4 is 15.4 Å². The molecule has 1 amide bonds. The summed E-state index contributed by atoms with van der Waals surface area (Å²) in [4.78, 5) is 12.3. The molecule has 4 heteroatoms. The molecule has 2 atom stereocenters. The SMILES string of the molecule is C[C@H]1C[C@@H](C(=O)NCCc2cccc(OCc3ccccc3)c2)CCN1. The third kappa shape index (κ3) is 5.60. The smallest absolute Gasteiger partial charge is 0.223 e. The van der Waals surface area contributed by atoms with Gasteiger partial charge < -0.3 is 15.4 Å². The van der Waals surface area contributed by atoms with Crippen LogP contribution in [0.1, 0.15) is 30.9 Å². The van der Waals surface area contributed by atoms with E-state index in [-0.39, 0.29) is 11.8 Å². The van der Waals surface area contributed by atoms with Gasteiger partial charge in [-0.1, -0.05) is 42.5 Å². The second kappa shape index (κ2) is 9.39. The zero-order valence-corrected chi connectivity index (χ0v) is 15.4. The minimum atomic E-state index is 0.145. The Morgan fingerprint density at radius 3 is 2.77 bits per heavy atom. The van der Waals surface area contributed by atoms with Gasteiger partial charge in [0, 0.05) is 18.5 Å². The number of ether oxygens (including phenoxy) is 1. The average molecular weight is 352 g/mol. The van der Waals surface area contributed by atoms with Gasteiger partial charge in [-0.3, -0.25) is 4.79 Å². The second-order valence-corrected chi connectivity index (χ2v) is 7.04. The third-order valence-electron chi connectivity index (χ3n) is 4.85. The molecule has 0 saturated carbocycles. The number of nitrogens with one attached hydrogen (secondary N) is 2.